The standard InChI is InChI=1S/C19H19ClF3NO3/c1-11(17(26)27-18(2,3)4)24-8-7-12(9-16(24)25)14-10-13(20)5-6-15(14)19(21,22)23/h5-11H,1-4H3/t11-/m0/s1. The maximum atomic E-state index is 13.2. The summed E-state index contributed by atoms with van der Waals surface area (Å²) in [5.74, 6) is -0.615. The predicted octanol–water partition coefficient (Wildman–Crippen LogP) is 5.09. The number of benzene rings is 1. The van der Waals surface area contributed by atoms with Crippen LogP contribution in [0.15, 0.2) is 41.3 Å². The van der Waals surface area contributed by atoms with Gasteiger partial charge < -0.3 is 9.30 Å². The Labute approximate surface area is 159 Å². The minimum absolute atomic E-state index is 0.0578. The van der Waals surface area contributed by atoms with Crippen LogP contribution in [0.5, 0.6) is 0 Å². The van der Waals surface area contributed by atoms with E-state index >= 15 is 0 Å². The van der Waals surface area contributed by atoms with E-state index in [0.29, 0.717) is 0 Å². The molecule has 146 valence electrons. The molecule has 0 saturated heterocycles. The maximum absolute atomic E-state index is 13.2. The van der Waals surface area contributed by atoms with Crippen LogP contribution in [0.1, 0.15) is 39.3 Å². The van der Waals surface area contributed by atoms with Crippen molar-refractivity contribution >= 4 is 17.6 Å². The summed E-state index contributed by atoms with van der Waals surface area (Å²) in [6.45, 7) is 6.57. The van der Waals surface area contributed by atoms with Crippen molar-refractivity contribution in [1.29, 1.82) is 0 Å². The van der Waals surface area contributed by atoms with E-state index in [1.54, 1.807) is 20.8 Å². The van der Waals surface area contributed by atoms with E-state index in [0.717, 1.165) is 28.8 Å². The van der Waals surface area contributed by atoms with Gasteiger partial charge in [-0.05, 0) is 63.1 Å². The summed E-state index contributed by atoms with van der Waals surface area (Å²) in [6, 6.07) is 4.62. The Kier molecular flexibility index (Phi) is 5.75. The van der Waals surface area contributed by atoms with Gasteiger partial charge >= 0.3 is 12.1 Å². The average Bonchev–Trinajstić information content (AvgIpc) is 2.51. The van der Waals surface area contributed by atoms with Crippen LogP contribution in [0, 0.1) is 0 Å². The summed E-state index contributed by atoms with van der Waals surface area (Å²) < 4.78 is 46.1. The van der Waals surface area contributed by atoms with Gasteiger partial charge in [-0.25, -0.2) is 4.79 Å². The molecule has 8 heteroatoms. The number of carbonyl (C=O) groups is 1. The van der Waals surface area contributed by atoms with Gasteiger partial charge in [0.2, 0.25) is 0 Å². The second-order valence-electron chi connectivity index (χ2n) is 7.06. The number of hydrogen-bond acceptors (Lipinski definition) is 3. The molecule has 0 unspecified atom stereocenters. The van der Waals surface area contributed by atoms with Crippen LogP contribution in [-0.4, -0.2) is 16.1 Å². The molecule has 2 aromatic rings. The Balaban J connectivity index is 2.45. The number of hydrogen-bond donors (Lipinski definition) is 0. The number of pyridine rings is 1. The lowest BCUT2D eigenvalue weighted by atomic mass is 10.00. The van der Waals surface area contributed by atoms with E-state index in [1.165, 1.54) is 19.2 Å². The summed E-state index contributed by atoms with van der Waals surface area (Å²) in [5, 5.41) is 0.115. The van der Waals surface area contributed by atoms with Gasteiger partial charge in [-0.2, -0.15) is 13.2 Å². The molecule has 4 nitrogen and oxygen atoms in total. The fraction of sp³-hybridized carbons (Fsp3) is 0.368. The monoisotopic (exact) mass is 401 g/mol. The number of ether oxygens (including phenoxy) is 1. The van der Waals surface area contributed by atoms with Crippen molar-refractivity contribution in [2.45, 2.75) is 45.5 Å². The van der Waals surface area contributed by atoms with Gasteiger partial charge in [-0.15, -0.1) is 0 Å². The largest absolute Gasteiger partial charge is 0.458 e. The first-order valence-electron chi connectivity index (χ1n) is 8.12. The molecule has 0 bridgehead atoms. The molecule has 0 saturated carbocycles. The van der Waals surface area contributed by atoms with E-state index in [2.05, 4.69) is 0 Å². The molecule has 1 aromatic heterocycles. The van der Waals surface area contributed by atoms with Crippen LogP contribution >= 0.6 is 11.6 Å². The molecule has 0 radical (unpaired) electrons. The fourth-order valence-corrected chi connectivity index (χ4v) is 2.65. The summed E-state index contributed by atoms with van der Waals surface area (Å²) in [4.78, 5) is 24.6. The molecule has 0 spiro atoms. The molecule has 2 rings (SSSR count). The zero-order chi connectivity index (χ0) is 20.6. The first-order valence-corrected chi connectivity index (χ1v) is 8.49. The summed E-state index contributed by atoms with van der Waals surface area (Å²) in [6.07, 6.45) is -3.33. The topological polar surface area (TPSA) is 48.3 Å². The molecule has 0 aliphatic rings. The van der Waals surface area contributed by atoms with Crippen LogP contribution < -0.4 is 5.56 Å². The Morgan fingerprint density at radius 1 is 1.15 bits per heavy atom. The zero-order valence-electron chi connectivity index (χ0n) is 15.2. The van der Waals surface area contributed by atoms with Crippen molar-refractivity contribution in [3.8, 4) is 11.1 Å². The minimum Gasteiger partial charge on any atom is -0.458 e. The molecule has 0 fully saturated rings. The maximum Gasteiger partial charge on any atom is 0.417 e. The first kappa shape index (κ1) is 21.0. The number of alkyl halides is 3. The van der Waals surface area contributed by atoms with Crippen molar-refractivity contribution in [2.75, 3.05) is 0 Å². The van der Waals surface area contributed by atoms with Crippen molar-refractivity contribution < 1.29 is 22.7 Å². The highest BCUT2D eigenvalue weighted by molar-refractivity contribution is 6.30. The predicted molar refractivity (Wildman–Crippen MR) is 96.7 cm³/mol. The zero-order valence-corrected chi connectivity index (χ0v) is 16.0. The Morgan fingerprint density at radius 3 is 2.30 bits per heavy atom. The highest BCUT2D eigenvalue weighted by atomic mass is 35.5. The molecule has 0 N–H and O–H groups in total. The summed E-state index contributed by atoms with van der Waals surface area (Å²) in [7, 11) is 0. The molecule has 0 aliphatic carbocycles. The van der Waals surface area contributed by atoms with E-state index in [1.807, 2.05) is 0 Å². The second-order valence-corrected chi connectivity index (χ2v) is 7.49. The molecule has 0 amide bonds. The van der Waals surface area contributed by atoms with Gasteiger partial charge in [0, 0.05) is 17.3 Å². The van der Waals surface area contributed by atoms with Crippen molar-refractivity contribution in [3.63, 3.8) is 0 Å². The normalized spacial score (nSPS) is 13.3. The smallest absolute Gasteiger partial charge is 0.417 e. The molecular formula is C19H19ClF3NO3. The third-order valence-corrected chi connectivity index (χ3v) is 3.95. The molecule has 1 atom stereocenters. The SMILES string of the molecule is C[C@@H](C(=O)OC(C)(C)C)n1ccc(-c2cc(Cl)ccc2C(F)(F)F)cc1=O. The van der Waals surface area contributed by atoms with E-state index in [-0.39, 0.29) is 16.1 Å². The first-order chi connectivity index (χ1) is 12.3. The number of esters is 1. The quantitative estimate of drug-likeness (QED) is 0.673. The van der Waals surface area contributed by atoms with Crippen LogP contribution in [0.3, 0.4) is 0 Å². The highest BCUT2D eigenvalue weighted by Gasteiger charge is 2.34. The molecule has 0 aliphatic heterocycles. The second kappa shape index (κ2) is 7.38. The number of halogens is 4. The Morgan fingerprint density at radius 2 is 1.78 bits per heavy atom. The summed E-state index contributed by atoms with van der Waals surface area (Å²) in [5.41, 5.74) is -2.40. The number of carbonyl (C=O) groups excluding carboxylic acids is 1. The van der Waals surface area contributed by atoms with Gasteiger partial charge in [0.15, 0.2) is 0 Å². The Hall–Kier alpha value is -2.28. The molecule has 1 aromatic carbocycles. The van der Waals surface area contributed by atoms with Crippen molar-refractivity contribution in [1.82, 2.24) is 4.57 Å². The van der Waals surface area contributed by atoms with Crippen LogP contribution in [0.25, 0.3) is 11.1 Å². The van der Waals surface area contributed by atoms with Crippen LogP contribution in [-0.2, 0) is 15.7 Å². The third kappa shape index (κ3) is 5.13. The molecular weight excluding hydrogens is 383 g/mol. The lowest BCUT2D eigenvalue weighted by Crippen LogP contribution is -2.33. The highest BCUT2D eigenvalue weighted by Crippen LogP contribution is 2.38. The summed E-state index contributed by atoms with van der Waals surface area (Å²) >= 11 is 5.83. The van der Waals surface area contributed by atoms with Gasteiger partial charge in [0.1, 0.15) is 11.6 Å². The van der Waals surface area contributed by atoms with Gasteiger partial charge in [0.25, 0.3) is 5.56 Å². The lowest BCUT2D eigenvalue weighted by molar-refractivity contribution is -0.158. The third-order valence-electron chi connectivity index (χ3n) is 3.71. The lowest BCUT2D eigenvalue weighted by Gasteiger charge is -2.23. The molecule has 1 heterocycles. The number of rotatable bonds is 3. The van der Waals surface area contributed by atoms with Crippen molar-refractivity contribution in [2.24, 2.45) is 0 Å². The molecule has 27 heavy (non-hydrogen) atoms. The van der Waals surface area contributed by atoms with Crippen LogP contribution in [0.2, 0.25) is 5.02 Å². The van der Waals surface area contributed by atoms with E-state index in [4.69, 9.17) is 16.3 Å². The number of nitrogens with zero attached hydrogens (tertiary/aromatic N) is 1. The van der Waals surface area contributed by atoms with E-state index in [9.17, 15) is 22.8 Å². The fourth-order valence-electron chi connectivity index (χ4n) is 2.48. The van der Waals surface area contributed by atoms with Crippen molar-refractivity contribution in [3.05, 3.63) is 57.5 Å². The van der Waals surface area contributed by atoms with Gasteiger partial charge in [0.05, 0.1) is 5.56 Å². The number of aromatic nitrogens is 1. The average molecular weight is 402 g/mol. The van der Waals surface area contributed by atoms with Crippen LogP contribution in [0.4, 0.5) is 13.2 Å². The van der Waals surface area contributed by atoms with Gasteiger partial charge in [-0.3, -0.25) is 4.79 Å². The van der Waals surface area contributed by atoms with E-state index < -0.39 is 34.9 Å². The minimum atomic E-state index is -4.60. The Bertz CT molecular complexity index is 914. The van der Waals surface area contributed by atoms with Gasteiger partial charge in [-0.1, -0.05) is 11.6 Å².